The van der Waals surface area contributed by atoms with Crippen molar-refractivity contribution in [3.63, 3.8) is 0 Å². The molecule has 0 amide bonds. The van der Waals surface area contributed by atoms with Crippen LogP contribution < -0.4 is 5.56 Å². The molecule has 0 saturated heterocycles. The standard InChI is InChI=1S/C18H15FN2O/c1-13-7-9-14(10-8-13)18(17-15(19)5-4-11-20-17)21-12-3-2-6-16(21)22/h2-12,18H,1H3. The van der Waals surface area contributed by atoms with E-state index in [1.807, 2.05) is 31.2 Å². The molecule has 2 aromatic heterocycles. The molecule has 4 heteroatoms. The van der Waals surface area contributed by atoms with Gasteiger partial charge in [0.15, 0.2) is 0 Å². The van der Waals surface area contributed by atoms with Gasteiger partial charge < -0.3 is 4.57 Å². The van der Waals surface area contributed by atoms with Crippen LogP contribution in [-0.2, 0) is 0 Å². The second kappa shape index (κ2) is 5.93. The van der Waals surface area contributed by atoms with Gasteiger partial charge in [0.2, 0.25) is 0 Å². The van der Waals surface area contributed by atoms with E-state index in [0.717, 1.165) is 11.1 Å². The van der Waals surface area contributed by atoms with Gasteiger partial charge in [0.05, 0.1) is 0 Å². The molecule has 3 rings (SSSR count). The van der Waals surface area contributed by atoms with Crippen molar-refractivity contribution in [3.05, 3.63) is 100.0 Å². The summed E-state index contributed by atoms with van der Waals surface area (Å²) in [5.41, 5.74) is 1.96. The molecule has 3 nitrogen and oxygen atoms in total. The summed E-state index contributed by atoms with van der Waals surface area (Å²) in [4.78, 5) is 16.4. The van der Waals surface area contributed by atoms with Gasteiger partial charge in [0.1, 0.15) is 17.6 Å². The molecule has 0 saturated carbocycles. The van der Waals surface area contributed by atoms with Crippen LogP contribution in [0.5, 0.6) is 0 Å². The van der Waals surface area contributed by atoms with Crippen LogP contribution >= 0.6 is 0 Å². The minimum atomic E-state index is -0.588. The van der Waals surface area contributed by atoms with Gasteiger partial charge in [-0.15, -0.1) is 0 Å². The van der Waals surface area contributed by atoms with E-state index in [1.54, 1.807) is 24.4 Å². The Bertz CT molecular complexity index is 840. The fraction of sp³-hybridized carbons (Fsp3) is 0.111. The fourth-order valence-electron chi connectivity index (χ4n) is 2.45. The lowest BCUT2D eigenvalue weighted by Gasteiger charge is -2.20. The Labute approximate surface area is 127 Å². The molecule has 1 aromatic carbocycles. The Kier molecular flexibility index (Phi) is 3.83. The predicted molar refractivity (Wildman–Crippen MR) is 83.3 cm³/mol. The number of aryl methyl sites for hydroxylation is 1. The number of hydrogen-bond acceptors (Lipinski definition) is 2. The van der Waals surface area contributed by atoms with Crippen molar-refractivity contribution in [2.75, 3.05) is 0 Å². The van der Waals surface area contributed by atoms with Crippen LogP contribution in [0.1, 0.15) is 22.9 Å². The Balaban J connectivity index is 2.23. The first kappa shape index (κ1) is 14.2. The molecular formula is C18H15FN2O. The highest BCUT2D eigenvalue weighted by Crippen LogP contribution is 2.26. The van der Waals surface area contributed by atoms with E-state index in [2.05, 4.69) is 4.98 Å². The van der Waals surface area contributed by atoms with Crippen molar-refractivity contribution in [2.24, 2.45) is 0 Å². The molecule has 22 heavy (non-hydrogen) atoms. The fourth-order valence-corrected chi connectivity index (χ4v) is 2.45. The molecular weight excluding hydrogens is 279 g/mol. The van der Waals surface area contributed by atoms with Crippen molar-refractivity contribution in [3.8, 4) is 0 Å². The van der Waals surface area contributed by atoms with E-state index in [0.29, 0.717) is 0 Å². The van der Waals surface area contributed by atoms with Crippen LogP contribution in [0.2, 0.25) is 0 Å². The highest BCUT2D eigenvalue weighted by molar-refractivity contribution is 5.32. The molecule has 0 N–H and O–H groups in total. The zero-order valence-electron chi connectivity index (χ0n) is 12.1. The first-order chi connectivity index (χ1) is 10.7. The molecule has 0 aliphatic carbocycles. The van der Waals surface area contributed by atoms with E-state index in [-0.39, 0.29) is 11.3 Å². The van der Waals surface area contributed by atoms with Gasteiger partial charge in [-0.05, 0) is 30.7 Å². The predicted octanol–water partition coefficient (Wildman–Crippen LogP) is 3.33. The third-order valence-electron chi connectivity index (χ3n) is 3.57. The number of benzene rings is 1. The van der Waals surface area contributed by atoms with Gasteiger partial charge in [0.25, 0.3) is 5.56 Å². The maximum Gasteiger partial charge on any atom is 0.251 e. The number of aromatic nitrogens is 2. The maximum absolute atomic E-state index is 14.2. The molecule has 1 unspecified atom stereocenters. The topological polar surface area (TPSA) is 34.9 Å². The third kappa shape index (κ3) is 2.68. The monoisotopic (exact) mass is 294 g/mol. The van der Waals surface area contributed by atoms with E-state index < -0.39 is 11.9 Å². The van der Waals surface area contributed by atoms with Crippen molar-refractivity contribution < 1.29 is 4.39 Å². The van der Waals surface area contributed by atoms with Crippen molar-refractivity contribution in [2.45, 2.75) is 13.0 Å². The van der Waals surface area contributed by atoms with Crippen LogP contribution in [0, 0.1) is 12.7 Å². The SMILES string of the molecule is Cc1ccc(C(c2ncccc2F)n2ccccc2=O)cc1. The number of hydrogen-bond donors (Lipinski definition) is 0. The number of pyridine rings is 2. The summed E-state index contributed by atoms with van der Waals surface area (Å²) in [5, 5.41) is 0. The smallest absolute Gasteiger partial charge is 0.251 e. The molecule has 2 heterocycles. The minimum Gasteiger partial charge on any atom is -0.302 e. The van der Waals surface area contributed by atoms with Gasteiger partial charge in [-0.25, -0.2) is 4.39 Å². The average molecular weight is 294 g/mol. The van der Waals surface area contributed by atoms with E-state index >= 15 is 0 Å². The van der Waals surface area contributed by atoms with Gasteiger partial charge >= 0.3 is 0 Å². The average Bonchev–Trinajstić information content (AvgIpc) is 2.53. The van der Waals surface area contributed by atoms with Crippen molar-refractivity contribution in [1.82, 2.24) is 9.55 Å². The van der Waals surface area contributed by atoms with Gasteiger partial charge in [0, 0.05) is 18.5 Å². The summed E-state index contributed by atoms with van der Waals surface area (Å²) in [5.74, 6) is -0.427. The molecule has 0 fully saturated rings. The summed E-state index contributed by atoms with van der Waals surface area (Å²) < 4.78 is 15.7. The summed E-state index contributed by atoms with van der Waals surface area (Å²) in [7, 11) is 0. The quantitative estimate of drug-likeness (QED) is 0.742. The zero-order valence-corrected chi connectivity index (χ0v) is 12.1. The molecule has 0 aliphatic rings. The Morgan fingerprint density at radius 1 is 1.05 bits per heavy atom. The summed E-state index contributed by atoms with van der Waals surface area (Å²) in [6.45, 7) is 1.98. The van der Waals surface area contributed by atoms with Crippen LogP contribution in [0.15, 0.2) is 71.8 Å². The van der Waals surface area contributed by atoms with Crippen molar-refractivity contribution >= 4 is 0 Å². The van der Waals surface area contributed by atoms with Crippen LogP contribution in [0.3, 0.4) is 0 Å². The summed E-state index contributed by atoms with van der Waals surface area (Å²) in [6, 6.07) is 14.9. The van der Waals surface area contributed by atoms with Crippen LogP contribution in [0.25, 0.3) is 0 Å². The highest BCUT2D eigenvalue weighted by atomic mass is 19.1. The molecule has 3 aromatic rings. The first-order valence-electron chi connectivity index (χ1n) is 7.01. The molecule has 0 spiro atoms. The number of rotatable bonds is 3. The molecule has 110 valence electrons. The summed E-state index contributed by atoms with van der Waals surface area (Å²) >= 11 is 0. The van der Waals surface area contributed by atoms with Gasteiger partial charge in [-0.3, -0.25) is 9.78 Å². The lowest BCUT2D eigenvalue weighted by molar-refractivity contribution is 0.548. The van der Waals surface area contributed by atoms with Gasteiger partial charge in [-0.2, -0.15) is 0 Å². The normalized spacial score (nSPS) is 12.1. The highest BCUT2D eigenvalue weighted by Gasteiger charge is 2.21. The Morgan fingerprint density at radius 2 is 1.82 bits per heavy atom. The lowest BCUT2D eigenvalue weighted by Crippen LogP contribution is -2.26. The molecule has 1 atom stereocenters. The van der Waals surface area contributed by atoms with E-state index in [9.17, 15) is 9.18 Å². The van der Waals surface area contributed by atoms with Gasteiger partial charge in [-0.1, -0.05) is 35.9 Å². The summed E-state index contributed by atoms with van der Waals surface area (Å²) in [6.07, 6.45) is 3.19. The minimum absolute atomic E-state index is 0.196. The third-order valence-corrected chi connectivity index (χ3v) is 3.57. The van der Waals surface area contributed by atoms with E-state index in [1.165, 1.54) is 22.9 Å². The molecule has 0 radical (unpaired) electrons. The Morgan fingerprint density at radius 3 is 2.50 bits per heavy atom. The zero-order chi connectivity index (χ0) is 15.5. The molecule has 0 bridgehead atoms. The first-order valence-corrected chi connectivity index (χ1v) is 7.01. The maximum atomic E-state index is 14.2. The largest absolute Gasteiger partial charge is 0.302 e. The Hall–Kier alpha value is -2.75. The van der Waals surface area contributed by atoms with Crippen molar-refractivity contribution in [1.29, 1.82) is 0 Å². The lowest BCUT2D eigenvalue weighted by atomic mass is 10.0. The van der Waals surface area contributed by atoms with Crippen LogP contribution in [-0.4, -0.2) is 9.55 Å². The number of nitrogens with zero attached hydrogens (tertiary/aromatic N) is 2. The van der Waals surface area contributed by atoms with E-state index in [4.69, 9.17) is 0 Å². The number of halogens is 1. The second-order valence-electron chi connectivity index (χ2n) is 5.13. The second-order valence-corrected chi connectivity index (χ2v) is 5.13. The van der Waals surface area contributed by atoms with Crippen LogP contribution in [0.4, 0.5) is 4.39 Å². The molecule has 0 aliphatic heterocycles.